The molecular weight excluding hydrogens is 358 g/mol. The zero-order chi connectivity index (χ0) is 13.3. The van der Waals surface area contributed by atoms with Crippen LogP contribution < -0.4 is 5.73 Å². The fourth-order valence-corrected chi connectivity index (χ4v) is 2.42. The van der Waals surface area contributed by atoms with Gasteiger partial charge in [0.1, 0.15) is 17.3 Å². The van der Waals surface area contributed by atoms with Crippen LogP contribution in [0.15, 0.2) is 39.8 Å². The topological polar surface area (TPSA) is 43.8 Å². The van der Waals surface area contributed by atoms with Crippen molar-refractivity contribution in [3.8, 4) is 11.3 Å². The Labute approximate surface area is 123 Å². The van der Waals surface area contributed by atoms with E-state index in [1.165, 1.54) is 0 Å². The molecule has 18 heavy (non-hydrogen) atoms. The minimum absolute atomic E-state index is 0.668. The van der Waals surface area contributed by atoms with Crippen molar-refractivity contribution in [2.75, 3.05) is 5.73 Å². The molecule has 1 aromatic carbocycles. The molecule has 0 atom stereocenters. The molecule has 0 spiro atoms. The third-order valence-corrected chi connectivity index (χ3v) is 4.58. The van der Waals surface area contributed by atoms with E-state index in [1.807, 2.05) is 35.8 Å². The van der Waals surface area contributed by atoms with Crippen LogP contribution in [0.1, 0.15) is 5.82 Å². The van der Waals surface area contributed by atoms with Crippen molar-refractivity contribution in [1.82, 2.24) is 9.55 Å². The molecule has 1 aromatic heterocycles. The number of nitrogen functional groups attached to an aromatic ring is 1. The van der Waals surface area contributed by atoms with Crippen LogP contribution in [-0.2, 0) is 6.54 Å². The lowest BCUT2D eigenvalue weighted by atomic mass is 10.1. The summed E-state index contributed by atoms with van der Waals surface area (Å²) in [6.07, 6.45) is 1.81. The average molecular weight is 371 g/mol. The van der Waals surface area contributed by atoms with Crippen LogP contribution in [0.5, 0.6) is 0 Å². The first kappa shape index (κ1) is 13.4. The Morgan fingerprint density at radius 1 is 1.39 bits per heavy atom. The maximum atomic E-state index is 6.14. The van der Waals surface area contributed by atoms with Crippen LogP contribution in [0.3, 0.4) is 0 Å². The predicted octanol–water partition coefficient (Wildman–Crippen LogP) is 4.15. The maximum Gasteiger partial charge on any atom is 0.132 e. The van der Waals surface area contributed by atoms with Gasteiger partial charge in [-0.2, -0.15) is 0 Å². The SMILES string of the molecule is C=CCn1c(C)nc(-c2ccc(Br)c(Br)c2)c1N. The Hall–Kier alpha value is -1.07. The second kappa shape index (κ2) is 5.28. The number of aryl methyl sites for hydroxylation is 1. The first-order chi connectivity index (χ1) is 8.54. The van der Waals surface area contributed by atoms with E-state index in [0.29, 0.717) is 12.4 Å². The standard InChI is InChI=1S/C13H13Br2N3/c1-3-6-18-8(2)17-12(13(18)16)9-4-5-10(14)11(15)7-9/h3-5,7H,1,6,16H2,2H3. The highest BCUT2D eigenvalue weighted by Gasteiger charge is 2.13. The van der Waals surface area contributed by atoms with Gasteiger partial charge >= 0.3 is 0 Å². The van der Waals surface area contributed by atoms with Crippen molar-refractivity contribution in [2.24, 2.45) is 0 Å². The first-order valence-corrected chi connectivity index (χ1v) is 7.02. The number of hydrogen-bond donors (Lipinski definition) is 1. The van der Waals surface area contributed by atoms with Crippen LogP contribution in [-0.4, -0.2) is 9.55 Å². The Morgan fingerprint density at radius 3 is 2.72 bits per heavy atom. The number of hydrogen-bond acceptors (Lipinski definition) is 2. The molecule has 0 radical (unpaired) electrons. The van der Waals surface area contributed by atoms with Crippen molar-refractivity contribution in [3.05, 3.63) is 45.6 Å². The van der Waals surface area contributed by atoms with Crippen LogP contribution in [0.4, 0.5) is 5.82 Å². The Kier molecular flexibility index (Phi) is 3.92. The molecule has 0 saturated carbocycles. The molecule has 2 rings (SSSR count). The quantitative estimate of drug-likeness (QED) is 0.824. The third kappa shape index (κ3) is 2.37. The van der Waals surface area contributed by atoms with Gasteiger partial charge in [-0.3, -0.25) is 0 Å². The summed E-state index contributed by atoms with van der Waals surface area (Å²) in [6.45, 7) is 6.34. The van der Waals surface area contributed by atoms with E-state index in [2.05, 4.69) is 43.4 Å². The molecule has 94 valence electrons. The number of imidazole rings is 1. The molecular formula is C13H13Br2N3. The second-order valence-corrected chi connectivity index (χ2v) is 5.63. The summed E-state index contributed by atoms with van der Waals surface area (Å²) in [5.74, 6) is 1.56. The Balaban J connectivity index is 2.54. The first-order valence-electron chi connectivity index (χ1n) is 5.43. The number of halogens is 2. The average Bonchev–Trinajstić information content (AvgIpc) is 2.61. The van der Waals surface area contributed by atoms with Crippen LogP contribution in [0, 0.1) is 6.92 Å². The third-order valence-electron chi connectivity index (χ3n) is 2.70. The lowest BCUT2D eigenvalue weighted by Gasteiger charge is -2.05. The number of nitrogens with zero attached hydrogens (tertiary/aromatic N) is 2. The lowest BCUT2D eigenvalue weighted by Crippen LogP contribution is -2.03. The van der Waals surface area contributed by atoms with Gasteiger partial charge in [-0.05, 0) is 50.9 Å². The van der Waals surface area contributed by atoms with Gasteiger partial charge in [0, 0.05) is 21.1 Å². The van der Waals surface area contributed by atoms with E-state index in [4.69, 9.17) is 5.73 Å². The van der Waals surface area contributed by atoms with E-state index in [9.17, 15) is 0 Å². The highest BCUT2D eigenvalue weighted by atomic mass is 79.9. The van der Waals surface area contributed by atoms with E-state index in [0.717, 1.165) is 26.0 Å². The molecule has 0 saturated heterocycles. The van der Waals surface area contributed by atoms with Gasteiger partial charge in [0.05, 0.1) is 0 Å². The zero-order valence-electron chi connectivity index (χ0n) is 9.95. The van der Waals surface area contributed by atoms with Crippen molar-refractivity contribution in [1.29, 1.82) is 0 Å². The van der Waals surface area contributed by atoms with Crippen LogP contribution in [0.2, 0.25) is 0 Å². The molecule has 0 aliphatic carbocycles. The fourth-order valence-electron chi connectivity index (χ4n) is 1.80. The Bertz CT molecular complexity index is 603. The molecule has 3 nitrogen and oxygen atoms in total. The van der Waals surface area contributed by atoms with Gasteiger partial charge in [-0.1, -0.05) is 12.1 Å². The van der Waals surface area contributed by atoms with E-state index < -0.39 is 0 Å². The van der Waals surface area contributed by atoms with Crippen molar-refractivity contribution in [2.45, 2.75) is 13.5 Å². The van der Waals surface area contributed by atoms with Crippen molar-refractivity contribution in [3.63, 3.8) is 0 Å². The number of nitrogens with two attached hydrogens (primary N) is 1. The summed E-state index contributed by atoms with van der Waals surface area (Å²) in [6, 6.07) is 5.96. The summed E-state index contributed by atoms with van der Waals surface area (Å²) >= 11 is 6.93. The van der Waals surface area contributed by atoms with Crippen LogP contribution >= 0.6 is 31.9 Å². The number of allylic oxidation sites excluding steroid dienone is 1. The summed E-state index contributed by atoms with van der Waals surface area (Å²) in [5, 5.41) is 0. The largest absolute Gasteiger partial charge is 0.383 e. The van der Waals surface area contributed by atoms with Gasteiger partial charge < -0.3 is 10.3 Å². The minimum Gasteiger partial charge on any atom is -0.383 e. The summed E-state index contributed by atoms with van der Waals surface area (Å²) in [5.41, 5.74) is 7.94. The highest BCUT2D eigenvalue weighted by molar-refractivity contribution is 9.13. The summed E-state index contributed by atoms with van der Waals surface area (Å²) in [4.78, 5) is 4.52. The fraction of sp³-hybridized carbons (Fsp3) is 0.154. The number of benzene rings is 1. The zero-order valence-corrected chi connectivity index (χ0v) is 13.1. The lowest BCUT2D eigenvalue weighted by molar-refractivity contribution is 0.792. The van der Waals surface area contributed by atoms with Gasteiger partial charge in [0.25, 0.3) is 0 Å². The maximum absolute atomic E-state index is 6.14. The molecule has 0 bridgehead atoms. The smallest absolute Gasteiger partial charge is 0.132 e. The summed E-state index contributed by atoms with van der Waals surface area (Å²) in [7, 11) is 0. The van der Waals surface area contributed by atoms with Gasteiger partial charge in [0.15, 0.2) is 0 Å². The molecule has 2 N–H and O–H groups in total. The summed E-state index contributed by atoms with van der Waals surface area (Å²) < 4.78 is 3.93. The van der Waals surface area contributed by atoms with Crippen molar-refractivity contribution < 1.29 is 0 Å². The molecule has 0 aliphatic heterocycles. The van der Waals surface area contributed by atoms with Crippen LogP contribution in [0.25, 0.3) is 11.3 Å². The predicted molar refractivity (Wildman–Crippen MR) is 82.4 cm³/mol. The van der Waals surface area contributed by atoms with Gasteiger partial charge in [0.2, 0.25) is 0 Å². The van der Waals surface area contributed by atoms with Gasteiger partial charge in [-0.25, -0.2) is 4.98 Å². The highest BCUT2D eigenvalue weighted by Crippen LogP contribution is 2.31. The molecule has 2 aromatic rings. The van der Waals surface area contributed by atoms with E-state index >= 15 is 0 Å². The normalized spacial score (nSPS) is 10.6. The molecule has 1 heterocycles. The van der Waals surface area contributed by atoms with E-state index in [1.54, 1.807) is 0 Å². The molecule has 0 unspecified atom stereocenters. The monoisotopic (exact) mass is 369 g/mol. The Morgan fingerprint density at radius 2 is 2.11 bits per heavy atom. The molecule has 0 amide bonds. The van der Waals surface area contributed by atoms with E-state index in [-0.39, 0.29) is 0 Å². The molecule has 5 heteroatoms. The number of aromatic nitrogens is 2. The van der Waals surface area contributed by atoms with Crippen molar-refractivity contribution >= 4 is 37.7 Å². The molecule has 0 fully saturated rings. The number of anilines is 1. The molecule has 0 aliphatic rings. The minimum atomic E-state index is 0.668. The van der Waals surface area contributed by atoms with Gasteiger partial charge in [-0.15, -0.1) is 6.58 Å². The second-order valence-electron chi connectivity index (χ2n) is 3.92. The number of rotatable bonds is 3.